The zero-order valence-corrected chi connectivity index (χ0v) is 14.1. The third-order valence-corrected chi connectivity index (χ3v) is 4.60. The van der Waals surface area contributed by atoms with Gasteiger partial charge in [-0.25, -0.2) is 4.79 Å². The van der Waals surface area contributed by atoms with Gasteiger partial charge in [-0.1, -0.05) is 37.3 Å². The van der Waals surface area contributed by atoms with E-state index in [-0.39, 0.29) is 11.6 Å². The Morgan fingerprint density at radius 2 is 1.86 bits per heavy atom. The second-order valence-corrected chi connectivity index (χ2v) is 6.46. The van der Waals surface area contributed by atoms with Crippen LogP contribution in [0.5, 0.6) is 0 Å². The van der Waals surface area contributed by atoms with Gasteiger partial charge in [0, 0.05) is 25.7 Å². The Hall–Kier alpha value is -1.55. The number of rotatable bonds is 5. The molecule has 2 rings (SSSR count). The van der Waals surface area contributed by atoms with Gasteiger partial charge >= 0.3 is 6.03 Å². The number of amides is 2. The van der Waals surface area contributed by atoms with Crippen LogP contribution in [0.3, 0.4) is 0 Å². The summed E-state index contributed by atoms with van der Waals surface area (Å²) in [5.41, 5.74) is 0.967. The predicted molar refractivity (Wildman–Crippen MR) is 90.9 cm³/mol. The zero-order chi connectivity index (χ0) is 16.0. The first kappa shape index (κ1) is 16.8. The van der Waals surface area contributed by atoms with E-state index >= 15 is 0 Å². The van der Waals surface area contributed by atoms with E-state index in [1.807, 2.05) is 6.07 Å². The molecule has 0 bridgehead atoms. The highest BCUT2D eigenvalue weighted by atomic mass is 16.2. The standard InChI is InChI=1S/C18H29N3O/c1-4-12-19-17(22)20-18(16-8-6-5-7-9-16)10-13-21(14-11-18)15(2)3/h5-9,15H,4,10-14H2,1-3H3,(H2,19,20,22). The van der Waals surface area contributed by atoms with Crippen molar-refractivity contribution in [3.8, 4) is 0 Å². The summed E-state index contributed by atoms with van der Waals surface area (Å²) in [6.07, 6.45) is 2.86. The molecule has 1 saturated heterocycles. The Morgan fingerprint density at radius 1 is 1.23 bits per heavy atom. The minimum absolute atomic E-state index is 0.0521. The van der Waals surface area contributed by atoms with Gasteiger partial charge in [-0.2, -0.15) is 0 Å². The zero-order valence-electron chi connectivity index (χ0n) is 14.1. The summed E-state index contributed by atoms with van der Waals surface area (Å²) in [6.45, 7) is 9.28. The van der Waals surface area contributed by atoms with Crippen LogP contribution in [-0.2, 0) is 5.54 Å². The summed E-state index contributed by atoms with van der Waals surface area (Å²) in [5.74, 6) is 0. The SMILES string of the molecule is CCCNC(=O)NC1(c2ccccc2)CCN(C(C)C)CC1. The number of benzene rings is 1. The lowest BCUT2D eigenvalue weighted by Gasteiger charge is -2.44. The van der Waals surface area contributed by atoms with Crippen molar-refractivity contribution in [2.75, 3.05) is 19.6 Å². The maximum atomic E-state index is 12.2. The van der Waals surface area contributed by atoms with Crippen molar-refractivity contribution >= 4 is 6.03 Å². The molecule has 0 saturated carbocycles. The van der Waals surface area contributed by atoms with E-state index in [1.165, 1.54) is 5.56 Å². The topological polar surface area (TPSA) is 44.4 Å². The Kier molecular flexibility index (Phi) is 5.83. The average molecular weight is 303 g/mol. The molecule has 0 aromatic heterocycles. The fraction of sp³-hybridized carbons (Fsp3) is 0.611. The third-order valence-electron chi connectivity index (χ3n) is 4.60. The van der Waals surface area contributed by atoms with Crippen molar-refractivity contribution < 1.29 is 4.79 Å². The number of urea groups is 1. The summed E-state index contributed by atoms with van der Waals surface area (Å²) in [5, 5.41) is 6.21. The van der Waals surface area contributed by atoms with Crippen molar-refractivity contribution in [2.45, 2.75) is 51.6 Å². The van der Waals surface area contributed by atoms with E-state index in [0.29, 0.717) is 6.04 Å². The van der Waals surface area contributed by atoms with Gasteiger partial charge in [0.05, 0.1) is 5.54 Å². The smallest absolute Gasteiger partial charge is 0.315 e. The Bertz CT molecular complexity index is 464. The average Bonchev–Trinajstić information content (AvgIpc) is 2.54. The van der Waals surface area contributed by atoms with Crippen molar-refractivity contribution in [1.29, 1.82) is 0 Å². The minimum atomic E-state index is -0.246. The fourth-order valence-electron chi connectivity index (χ4n) is 3.17. The molecule has 4 heteroatoms. The summed E-state index contributed by atoms with van der Waals surface area (Å²) in [6, 6.07) is 10.9. The summed E-state index contributed by atoms with van der Waals surface area (Å²) >= 11 is 0. The van der Waals surface area contributed by atoms with E-state index in [4.69, 9.17) is 0 Å². The highest BCUT2D eigenvalue weighted by Crippen LogP contribution is 2.33. The molecule has 1 heterocycles. The van der Waals surface area contributed by atoms with Crippen molar-refractivity contribution in [3.63, 3.8) is 0 Å². The lowest BCUT2D eigenvalue weighted by molar-refractivity contribution is 0.113. The molecule has 0 atom stereocenters. The molecule has 2 amide bonds. The van der Waals surface area contributed by atoms with Gasteiger partial charge in [0.2, 0.25) is 0 Å². The summed E-state index contributed by atoms with van der Waals surface area (Å²) in [7, 11) is 0. The van der Waals surface area contributed by atoms with Gasteiger partial charge < -0.3 is 15.5 Å². The van der Waals surface area contributed by atoms with Gasteiger partial charge in [-0.3, -0.25) is 0 Å². The van der Waals surface area contributed by atoms with E-state index in [9.17, 15) is 4.79 Å². The van der Waals surface area contributed by atoms with Crippen LogP contribution in [-0.4, -0.2) is 36.6 Å². The molecule has 2 N–H and O–H groups in total. The molecule has 1 fully saturated rings. The minimum Gasteiger partial charge on any atom is -0.338 e. The second kappa shape index (κ2) is 7.63. The first-order valence-electron chi connectivity index (χ1n) is 8.43. The van der Waals surface area contributed by atoms with Gasteiger partial charge in [0.1, 0.15) is 0 Å². The van der Waals surface area contributed by atoms with E-state index < -0.39 is 0 Å². The molecule has 1 aliphatic heterocycles. The number of likely N-dealkylation sites (tertiary alicyclic amines) is 1. The predicted octanol–water partition coefficient (Wildman–Crippen LogP) is 3.10. The van der Waals surface area contributed by atoms with E-state index in [0.717, 1.165) is 38.9 Å². The van der Waals surface area contributed by atoms with Crippen LogP contribution in [0.15, 0.2) is 30.3 Å². The molecule has 1 aromatic carbocycles. The quantitative estimate of drug-likeness (QED) is 0.878. The Labute approximate surface area is 134 Å². The van der Waals surface area contributed by atoms with Gasteiger partial charge in [-0.15, -0.1) is 0 Å². The van der Waals surface area contributed by atoms with Gasteiger partial charge in [-0.05, 0) is 38.7 Å². The van der Waals surface area contributed by atoms with Crippen LogP contribution >= 0.6 is 0 Å². The van der Waals surface area contributed by atoms with Crippen LogP contribution in [0, 0.1) is 0 Å². The first-order valence-corrected chi connectivity index (χ1v) is 8.43. The number of hydrogen-bond donors (Lipinski definition) is 2. The summed E-state index contributed by atoms with van der Waals surface area (Å²) in [4.78, 5) is 14.7. The first-order chi connectivity index (χ1) is 10.6. The Morgan fingerprint density at radius 3 is 2.41 bits per heavy atom. The lowest BCUT2D eigenvalue weighted by atomic mass is 9.80. The molecule has 0 aliphatic carbocycles. The second-order valence-electron chi connectivity index (χ2n) is 6.46. The van der Waals surface area contributed by atoms with Gasteiger partial charge in [0.25, 0.3) is 0 Å². The van der Waals surface area contributed by atoms with E-state index in [1.54, 1.807) is 0 Å². The summed E-state index contributed by atoms with van der Waals surface area (Å²) < 4.78 is 0. The van der Waals surface area contributed by atoms with Crippen LogP contribution < -0.4 is 10.6 Å². The number of carbonyl (C=O) groups is 1. The monoisotopic (exact) mass is 303 g/mol. The lowest BCUT2D eigenvalue weighted by Crippen LogP contribution is -2.56. The molecule has 122 valence electrons. The maximum absolute atomic E-state index is 12.2. The van der Waals surface area contributed by atoms with Crippen LogP contribution in [0.2, 0.25) is 0 Å². The van der Waals surface area contributed by atoms with Crippen molar-refractivity contribution in [2.24, 2.45) is 0 Å². The number of piperidine rings is 1. The van der Waals surface area contributed by atoms with Crippen LogP contribution in [0.25, 0.3) is 0 Å². The molecule has 0 unspecified atom stereocenters. The molecule has 1 aromatic rings. The largest absolute Gasteiger partial charge is 0.338 e. The molecule has 1 aliphatic rings. The molecular weight excluding hydrogens is 274 g/mol. The molecule has 4 nitrogen and oxygen atoms in total. The van der Waals surface area contributed by atoms with Gasteiger partial charge in [0.15, 0.2) is 0 Å². The van der Waals surface area contributed by atoms with E-state index in [2.05, 4.69) is 60.6 Å². The maximum Gasteiger partial charge on any atom is 0.315 e. The molecular formula is C18H29N3O. The Balaban J connectivity index is 2.14. The van der Waals surface area contributed by atoms with Crippen LogP contribution in [0.1, 0.15) is 45.6 Å². The molecule has 22 heavy (non-hydrogen) atoms. The number of hydrogen-bond acceptors (Lipinski definition) is 2. The fourth-order valence-corrected chi connectivity index (χ4v) is 3.17. The van der Waals surface area contributed by atoms with Crippen molar-refractivity contribution in [1.82, 2.24) is 15.5 Å². The number of nitrogens with one attached hydrogen (secondary N) is 2. The highest BCUT2D eigenvalue weighted by molar-refractivity contribution is 5.75. The normalized spacial score (nSPS) is 18.2. The molecule has 0 radical (unpaired) electrons. The van der Waals surface area contributed by atoms with Crippen molar-refractivity contribution in [3.05, 3.63) is 35.9 Å². The molecule has 0 spiro atoms. The van der Waals surface area contributed by atoms with Crippen LogP contribution in [0.4, 0.5) is 4.79 Å². The number of nitrogens with zero attached hydrogens (tertiary/aromatic N) is 1. The number of carbonyl (C=O) groups excluding carboxylic acids is 1. The third kappa shape index (κ3) is 4.01. The highest BCUT2D eigenvalue weighted by Gasteiger charge is 2.37.